The van der Waals surface area contributed by atoms with Crippen molar-refractivity contribution in [1.82, 2.24) is 0 Å². The minimum absolute atomic E-state index is 0.0384. The zero-order chi connectivity index (χ0) is 39.6. The van der Waals surface area contributed by atoms with Crippen molar-refractivity contribution in [1.29, 1.82) is 0 Å². The van der Waals surface area contributed by atoms with Gasteiger partial charge in [0.2, 0.25) is 0 Å². The molecule has 2 unspecified atom stereocenters. The summed E-state index contributed by atoms with van der Waals surface area (Å²) in [6.07, 6.45) is -6.67. The van der Waals surface area contributed by atoms with Crippen molar-refractivity contribution < 1.29 is 69.3 Å². The summed E-state index contributed by atoms with van der Waals surface area (Å²) in [5.74, 6) is -0.345. The molecule has 55 heavy (non-hydrogen) atoms. The van der Waals surface area contributed by atoms with Gasteiger partial charge in [0.25, 0.3) is 0 Å². The van der Waals surface area contributed by atoms with Gasteiger partial charge in [0.15, 0.2) is 18.4 Å². The third kappa shape index (κ3) is 5.10. The van der Waals surface area contributed by atoms with E-state index in [2.05, 4.69) is 34.6 Å². The molecule has 9 fully saturated rings. The molecule has 14 nitrogen and oxygen atoms in total. The van der Waals surface area contributed by atoms with E-state index in [9.17, 15) is 40.9 Å². The van der Waals surface area contributed by atoms with Crippen LogP contribution in [-0.4, -0.2) is 145 Å². The van der Waals surface area contributed by atoms with Crippen molar-refractivity contribution in [2.75, 3.05) is 13.2 Å². The Morgan fingerprint density at radius 3 is 2.15 bits per heavy atom. The maximum Gasteiger partial charge on any atom is 0.187 e. The standard InChI is InChI=1S/C41H66O14/c1-18-12-21-32(36(4,5)55-34-29(49)27(47)26(46)22(14-42)51-34)54-41(53-21)16-38(7)31-19(43)13-23-35(2,3)24(52-33-28(48)25(45)20(44)15-50-33)8-9-39(23)17-40(31,39)11-10-37(38,6)30(18)41/h18-34,42-49H,8-17H2,1-7H3/t18-,19+,20-,21-,22+,23+,24+,25+,26+,27-,28-,29+,30-,31+,32?,33?,34-,37-,38+,39-,40+,41-/m1/s1. The largest absolute Gasteiger partial charge is 0.394 e. The summed E-state index contributed by atoms with van der Waals surface area (Å²) in [5, 5.41) is 85.1. The molecule has 314 valence electrons. The molecule has 0 radical (unpaired) electrons. The highest BCUT2D eigenvalue weighted by molar-refractivity contribution is 5.34. The van der Waals surface area contributed by atoms with Crippen molar-refractivity contribution >= 4 is 0 Å². The summed E-state index contributed by atoms with van der Waals surface area (Å²) >= 11 is 0. The summed E-state index contributed by atoms with van der Waals surface area (Å²) in [6, 6.07) is 0. The number of aliphatic hydroxyl groups excluding tert-OH is 8. The number of fused-ring (bicyclic) bond motifs is 4. The van der Waals surface area contributed by atoms with E-state index in [1.165, 1.54) is 0 Å². The molecule has 14 heteroatoms. The summed E-state index contributed by atoms with van der Waals surface area (Å²) in [7, 11) is 0. The molecule has 4 aliphatic heterocycles. The lowest BCUT2D eigenvalue weighted by Gasteiger charge is -2.64. The molecule has 9 aliphatic rings. The Labute approximate surface area is 323 Å². The number of hydrogen-bond acceptors (Lipinski definition) is 14. The minimum atomic E-state index is -1.55. The summed E-state index contributed by atoms with van der Waals surface area (Å²) < 4.78 is 38.6. The van der Waals surface area contributed by atoms with Gasteiger partial charge in [-0.15, -0.1) is 0 Å². The van der Waals surface area contributed by atoms with Crippen LogP contribution in [0.25, 0.3) is 0 Å². The number of hydrogen-bond donors (Lipinski definition) is 8. The van der Waals surface area contributed by atoms with Crippen molar-refractivity contribution in [3.63, 3.8) is 0 Å². The summed E-state index contributed by atoms with van der Waals surface area (Å²) in [4.78, 5) is 0. The molecule has 5 saturated carbocycles. The van der Waals surface area contributed by atoms with E-state index in [0.29, 0.717) is 12.8 Å². The zero-order valence-corrected chi connectivity index (χ0v) is 33.4. The van der Waals surface area contributed by atoms with E-state index in [0.717, 1.165) is 38.5 Å². The van der Waals surface area contributed by atoms with Crippen LogP contribution in [0.5, 0.6) is 0 Å². The highest BCUT2D eigenvalue weighted by atomic mass is 16.8. The quantitative estimate of drug-likeness (QED) is 0.176. The van der Waals surface area contributed by atoms with E-state index < -0.39 is 85.5 Å². The van der Waals surface area contributed by atoms with Crippen LogP contribution in [0.3, 0.4) is 0 Å². The Kier molecular flexibility index (Phi) is 9.06. The Bertz CT molecular complexity index is 1510. The van der Waals surface area contributed by atoms with Crippen LogP contribution in [0.2, 0.25) is 0 Å². The van der Waals surface area contributed by atoms with E-state index in [1.54, 1.807) is 0 Å². The summed E-state index contributed by atoms with van der Waals surface area (Å²) in [6.45, 7) is 14.6. The topological polar surface area (TPSA) is 217 Å². The Balaban J connectivity index is 0.974. The first-order valence-electron chi connectivity index (χ1n) is 21.0. The van der Waals surface area contributed by atoms with Gasteiger partial charge in [0, 0.05) is 12.3 Å². The monoisotopic (exact) mass is 782 g/mol. The third-order valence-electron chi connectivity index (χ3n) is 18.0. The van der Waals surface area contributed by atoms with Gasteiger partial charge in [-0.1, -0.05) is 34.6 Å². The van der Waals surface area contributed by atoms with Gasteiger partial charge >= 0.3 is 0 Å². The SMILES string of the molecule is C[C@@H]1C[C@H]2O[C@]3(C[C@@]4(C)[C@@H]5[C@@H](O)C[C@H]6C(C)(C)[C@@H](OC7OC[C@@H](O)[C@H](O)[C@H]7O)CC[C@@]67C[C@@]57CC[C@]4(C)[C@@H]13)OC2C(C)(C)O[C@H]1O[C@@H](CO)[C@H](O)[C@@H](O)[C@@H]1O. The molecular weight excluding hydrogens is 716 g/mol. The lowest BCUT2D eigenvalue weighted by Crippen LogP contribution is -2.63. The van der Waals surface area contributed by atoms with Crippen LogP contribution in [0.4, 0.5) is 0 Å². The smallest absolute Gasteiger partial charge is 0.187 e. The van der Waals surface area contributed by atoms with Crippen LogP contribution in [0.1, 0.15) is 99.8 Å². The van der Waals surface area contributed by atoms with Gasteiger partial charge in [0.05, 0.1) is 37.1 Å². The predicted molar refractivity (Wildman–Crippen MR) is 191 cm³/mol. The molecular formula is C41H66O14. The first-order valence-corrected chi connectivity index (χ1v) is 21.0. The van der Waals surface area contributed by atoms with Crippen molar-refractivity contribution in [3.05, 3.63) is 0 Å². The fourth-order valence-electron chi connectivity index (χ4n) is 15.5. The first-order chi connectivity index (χ1) is 25.6. The Morgan fingerprint density at radius 1 is 0.727 bits per heavy atom. The first kappa shape index (κ1) is 39.9. The van der Waals surface area contributed by atoms with Gasteiger partial charge in [-0.25, -0.2) is 0 Å². The summed E-state index contributed by atoms with van der Waals surface area (Å²) in [5.41, 5.74) is -1.87. The second kappa shape index (κ2) is 12.5. The Morgan fingerprint density at radius 2 is 1.44 bits per heavy atom. The van der Waals surface area contributed by atoms with Crippen LogP contribution < -0.4 is 0 Å². The van der Waals surface area contributed by atoms with Crippen molar-refractivity contribution in [2.45, 2.75) is 191 Å². The molecule has 0 aromatic carbocycles. The maximum atomic E-state index is 12.6. The van der Waals surface area contributed by atoms with Crippen LogP contribution in [0.15, 0.2) is 0 Å². The van der Waals surface area contributed by atoms with E-state index >= 15 is 0 Å². The van der Waals surface area contributed by atoms with Gasteiger partial charge in [0.1, 0.15) is 48.8 Å². The molecule has 0 amide bonds. The fraction of sp³-hybridized carbons (Fsp3) is 1.00. The van der Waals surface area contributed by atoms with E-state index in [4.69, 9.17) is 28.4 Å². The second-order valence-corrected chi connectivity index (χ2v) is 21.2. The van der Waals surface area contributed by atoms with Gasteiger partial charge < -0.3 is 69.3 Å². The lowest BCUT2D eigenvalue weighted by atomic mass is 9.41. The number of ether oxygens (including phenoxy) is 6. The van der Waals surface area contributed by atoms with Gasteiger partial charge in [-0.3, -0.25) is 0 Å². The molecule has 4 heterocycles. The second-order valence-electron chi connectivity index (χ2n) is 21.2. The van der Waals surface area contributed by atoms with E-state index in [-0.39, 0.29) is 69.6 Å². The van der Waals surface area contributed by atoms with Crippen LogP contribution in [-0.2, 0) is 28.4 Å². The highest BCUT2D eigenvalue weighted by Crippen LogP contribution is 2.90. The molecule has 0 aromatic rings. The third-order valence-corrected chi connectivity index (χ3v) is 18.0. The van der Waals surface area contributed by atoms with Gasteiger partial charge in [-0.2, -0.15) is 0 Å². The molecule has 3 spiro atoms. The molecule has 8 N–H and O–H groups in total. The minimum Gasteiger partial charge on any atom is -0.394 e. The van der Waals surface area contributed by atoms with Crippen molar-refractivity contribution in [2.24, 2.45) is 50.7 Å². The lowest BCUT2D eigenvalue weighted by molar-refractivity contribution is -0.334. The van der Waals surface area contributed by atoms with Crippen LogP contribution in [0, 0.1) is 50.7 Å². The fourth-order valence-corrected chi connectivity index (χ4v) is 15.5. The Hall–Kier alpha value is -0.560. The number of rotatable bonds is 6. The molecule has 22 atom stereocenters. The van der Waals surface area contributed by atoms with E-state index in [1.807, 2.05) is 13.8 Å². The highest BCUT2D eigenvalue weighted by Gasteiger charge is 2.87. The molecule has 2 bridgehead atoms. The normalized spacial score (nSPS) is 60.6. The van der Waals surface area contributed by atoms with Gasteiger partial charge in [-0.05, 0) is 104 Å². The molecule has 9 rings (SSSR count). The molecule has 4 saturated heterocycles. The van der Waals surface area contributed by atoms with Crippen molar-refractivity contribution in [3.8, 4) is 0 Å². The van der Waals surface area contributed by atoms with Crippen LogP contribution >= 0.6 is 0 Å². The average Bonchev–Trinajstić information content (AvgIpc) is 3.58. The molecule has 5 aliphatic carbocycles. The maximum absolute atomic E-state index is 12.6. The number of aliphatic hydroxyl groups is 8. The predicted octanol–water partition coefficient (Wildman–Crippen LogP) is 0.946. The average molecular weight is 783 g/mol. The zero-order valence-electron chi connectivity index (χ0n) is 33.4. The molecule has 0 aromatic heterocycles.